The van der Waals surface area contributed by atoms with E-state index in [0.717, 1.165) is 53.6 Å². The molecule has 7 heteroatoms. The Morgan fingerprint density at radius 1 is 1.00 bits per heavy atom. The number of nitrogens with zero attached hydrogens (tertiary/aromatic N) is 1. The molecule has 2 heterocycles. The Bertz CT molecular complexity index is 1250. The van der Waals surface area contributed by atoms with Crippen LogP contribution in [0, 0.1) is 5.92 Å². The highest BCUT2D eigenvalue weighted by Gasteiger charge is 2.35. The quantitative estimate of drug-likeness (QED) is 0.441. The largest absolute Gasteiger partial charge is 0.377 e. The first kappa shape index (κ1) is 25.1. The molecule has 0 atom stereocenters. The summed E-state index contributed by atoms with van der Waals surface area (Å²) in [6.45, 7) is 2.62. The second-order valence-electron chi connectivity index (χ2n) is 10.4. The maximum absolute atomic E-state index is 12.9. The Hall–Kier alpha value is -3.55. The van der Waals surface area contributed by atoms with Crippen molar-refractivity contribution < 1.29 is 14.3 Å². The molecule has 3 aromatic rings. The van der Waals surface area contributed by atoms with Crippen molar-refractivity contribution >= 4 is 17.5 Å². The van der Waals surface area contributed by atoms with Crippen LogP contribution in [0.2, 0.25) is 0 Å². The van der Waals surface area contributed by atoms with Gasteiger partial charge in [-0.05, 0) is 48.8 Å². The fourth-order valence-corrected chi connectivity index (χ4v) is 5.32. The summed E-state index contributed by atoms with van der Waals surface area (Å²) in [6, 6.07) is 20.5. The van der Waals surface area contributed by atoms with E-state index >= 15 is 0 Å². The van der Waals surface area contributed by atoms with Crippen LogP contribution in [0.1, 0.15) is 44.6 Å². The zero-order valence-electron chi connectivity index (χ0n) is 21.2. The summed E-state index contributed by atoms with van der Waals surface area (Å²) in [4.78, 5) is 29.0. The molecule has 0 spiro atoms. The van der Waals surface area contributed by atoms with E-state index in [1.807, 2.05) is 48.5 Å². The molecule has 0 unspecified atom stereocenters. The van der Waals surface area contributed by atoms with Crippen molar-refractivity contribution in [1.82, 2.24) is 10.3 Å². The standard InChI is InChI=1S/C30H34N4O3/c1-20(35)33-25-13-7-21(8-14-25)15-28(36)34-26-16-27(22-5-3-2-4-6-22)29(32-17-26)23-9-11-24(12-10-23)30(31)18-37-19-30/h2-6,9-12,16-17,21,25H,7-8,13-15,18-19,31H2,1H3,(H,33,35)(H,34,36)/t21-,25-. The van der Waals surface area contributed by atoms with Gasteiger partial charge in [0.25, 0.3) is 0 Å². The van der Waals surface area contributed by atoms with E-state index in [9.17, 15) is 9.59 Å². The molecule has 2 fully saturated rings. The SMILES string of the molecule is CC(=O)N[C@H]1CC[C@H](CC(=O)Nc2cnc(-c3ccc(C4(N)COC4)cc3)c(-c3ccccc3)c2)CC1. The topological polar surface area (TPSA) is 106 Å². The Morgan fingerprint density at radius 2 is 1.70 bits per heavy atom. The summed E-state index contributed by atoms with van der Waals surface area (Å²) in [5.41, 5.74) is 11.5. The molecule has 0 radical (unpaired) electrons. The first-order valence-corrected chi connectivity index (χ1v) is 13.0. The lowest BCUT2D eigenvalue weighted by Crippen LogP contribution is -2.54. The smallest absolute Gasteiger partial charge is 0.224 e. The number of ether oxygens (including phenoxy) is 1. The van der Waals surface area contributed by atoms with Gasteiger partial charge in [0.05, 0.1) is 36.3 Å². The summed E-state index contributed by atoms with van der Waals surface area (Å²) in [7, 11) is 0. The minimum Gasteiger partial charge on any atom is -0.377 e. The minimum atomic E-state index is -0.411. The van der Waals surface area contributed by atoms with Gasteiger partial charge in [-0.15, -0.1) is 0 Å². The molecule has 1 aliphatic carbocycles. The molecular weight excluding hydrogens is 464 g/mol. The lowest BCUT2D eigenvalue weighted by molar-refractivity contribution is -0.120. The van der Waals surface area contributed by atoms with Crippen LogP contribution in [-0.2, 0) is 19.9 Å². The number of pyridine rings is 1. The molecule has 1 saturated carbocycles. The second kappa shape index (κ2) is 10.8. The van der Waals surface area contributed by atoms with Crippen LogP contribution >= 0.6 is 0 Å². The molecule has 2 amide bonds. The van der Waals surface area contributed by atoms with Crippen LogP contribution in [0.4, 0.5) is 5.69 Å². The van der Waals surface area contributed by atoms with Crippen LogP contribution in [0.3, 0.4) is 0 Å². The third-order valence-electron chi connectivity index (χ3n) is 7.44. The molecule has 2 aromatic carbocycles. The third-order valence-corrected chi connectivity index (χ3v) is 7.44. The Labute approximate surface area is 217 Å². The summed E-state index contributed by atoms with van der Waals surface area (Å²) in [5.74, 6) is 0.340. The van der Waals surface area contributed by atoms with E-state index < -0.39 is 5.54 Å². The molecule has 192 valence electrons. The molecule has 37 heavy (non-hydrogen) atoms. The van der Waals surface area contributed by atoms with Crippen molar-refractivity contribution in [3.8, 4) is 22.4 Å². The average Bonchev–Trinajstić information content (AvgIpc) is 2.89. The van der Waals surface area contributed by atoms with Crippen molar-refractivity contribution in [3.05, 3.63) is 72.4 Å². The summed E-state index contributed by atoms with van der Waals surface area (Å²) in [6.07, 6.45) is 5.92. The van der Waals surface area contributed by atoms with Crippen LogP contribution < -0.4 is 16.4 Å². The maximum Gasteiger partial charge on any atom is 0.224 e. The number of nitrogens with two attached hydrogens (primary N) is 1. The summed E-state index contributed by atoms with van der Waals surface area (Å²) < 4.78 is 5.31. The molecule has 4 N–H and O–H groups in total. The first-order valence-electron chi connectivity index (χ1n) is 13.0. The zero-order chi connectivity index (χ0) is 25.8. The number of anilines is 1. The van der Waals surface area contributed by atoms with E-state index in [4.69, 9.17) is 15.5 Å². The van der Waals surface area contributed by atoms with Crippen LogP contribution in [0.15, 0.2) is 66.9 Å². The number of hydrogen-bond acceptors (Lipinski definition) is 5. The summed E-state index contributed by atoms with van der Waals surface area (Å²) >= 11 is 0. The third kappa shape index (κ3) is 5.89. The van der Waals surface area contributed by atoms with E-state index in [1.54, 1.807) is 13.1 Å². The fourth-order valence-electron chi connectivity index (χ4n) is 5.32. The van der Waals surface area contributed by atoms with Gasteiger partial charge in [0.15, 0.2) is 0 Å². The molecule has 1 aromatic heterocycles. The number of carbonyl (C=O) groups excluding carboxylic acids is 2. The zero-order valence-corrected chi connectivity index (χ0v) is 21.2. The number of amides is 2. The molecule has 7 nitrogen and oxygen atoms in total. The van der Waals surface area contributed by atoms with Crippen LogP contribution in [0.5, 0.6) is 0 Å². The highest BCUT2D eigenvalue weighted by Crippen LogP contribution is 2.35. The van der Waals surface area contributed by atoms with E-state index in [1.165, 1.54) is 0 Å². The van der Waals surface area contributed by atoms with Gasteiger partial charge in [0, 0.05) is 30.5 Å². The highest BCUT2D eigenvalue weighted by atomic mass is 16.5. The van der Waals surface area contributed by atoms with Crippen molar-refractivity contribution in [2.75, 3.05) is 18.5 Å². The van der Waals surface area contributed by atoms with Gasteiger partial charge in [-0.1, -0.05) is 54.6 Å². The summed E-state index contributed by atoms with van der Waals surface area (Å²) in [5, 5.41) is 6.06. The lowest BCUT2D eigenvalue weighted by atomic mass is 9.84. The molecule has 5 rings (SSSR count). The van der Waals surface area contributed by atoms with Crippen molar-refractivity contribution in [3.63, 3.8) is 0 Å². The number of nitrogens with one attached hydrogen (secondary N) is 2. The van der Waals surface area contributed by atoms with E-state index in [0.29, 0.717) is 31.2 Å². The Morgan fingerprint density at radius 3 is 2.32 bits per heavy atom. The van der Waals surface area contributed by atoms with E-state index in [-0.39, 0.29) is 17.9 Å². The van der Waals surface area contributed by atoms with Crippen molar-refractivity contribution in [2.45, 2.75) is 50.6 Å². The number of hydrogen-bond donors (Lipinski definition) is 3. The van der Waals surface area contributed by atoms with Gasteiger partial charge in [0.2, 0.25) is 11.8 Å². The number of rotatable bonds is 7. The lowest BCUT2D eigenvalue weighted by Gasteiger charge is -2.38. The molecule has 0 bridgehead atoms. The first-order chi connectivity index (χ1) is 17.9. The van der Waals surface area contributed by atoms with Gasteiger partial charge in [-0.3, -0.25) is 14.6 Å². The van der Waals surface area contributed by atoms with E-state index in [2.05, 4.69) is 22.8 Å². The van der Waals surface area contributed by atoms with Crippen molar-refractivity contribution in [1.29, 1.82) is 0 Å². The highest BCUT2D eigenvalue weighted by molar-refractivity contribution is 5.93. The van der Waals surface area contributed by atoms with Gasteiger partial charge in [-0.25, -0.2) is 0 Å². The maximum atomic E-state index is 12.9. The monoisotopic (exact) mass is 498 g/mol. The predicted octanol–water partition coefficient (Wildman–Crippen LogP) is 4.62. The average molecular weight is 499 g/mol. The molecular formula is C30H34N4O3. The molecule has 1 saturated heterocycles. The van der Waals surface area contributed by atoms with Crippen LogP contribution in [-0.4, -0.2) is 36.1 Å². The Balaban J connectivity index is 1.31. The Kier molecular flexibility index (Phi) is 7.35. The van der Waals surface area contributed by atoms with Gasteiger partial charge < -0.3 is 21.1 Å². The van der Waals surface area contributed by atoms with Gasteiger partial charge in [-0.2, -0.15) is 0 Å². The predicted molar refractivity (Wildman–Crippen MR) is 145 cm³/mol. The second-order valence-corrected chi connectivity index (χ2v) is 10.4. The number of aromatic nitrogens is 1. The molecule has 2 aliphatic rings. The van der Waals surface area contributed by atoms with Crippen molar-refractivity contribution in [2.24, 2.45) is 11.7 Å². The van der Waals surface area contributed by atoms with Gasteiger partial charge >= 0.3 is 0 Å². The molecule has 1 aliphatic heterocycles. The number of carbonyl (C=O) groups is 2. The normalized spacial score (nSPS) is 20.5. The van der Waals surface area contributed by atoms with Crippen LogP contribution in [0.25, 0.3) is 22.4 Å². The van der Waals surface area contributed by atoms with Gasteiger partial charge in [0.1, 0.15) is 0 Å². The number of benzene rings is 2. The minimum absolute atomic E-state index is 0.00291. The fraction of sp³-hybridized carbons (Fsp3) is 0.367.